The van der Waals surface area contributed by atoms with Crippen LogP contribution in [0.4, 0.5) is 13.2 Å². The molecule has 0 fully saturated rings. The summed E-state index contributed by atoms with van der Waals surface area (Å²) in [5.41, 5.74) is -0.558. The minimum absolute atomic E-state index is 0.0281. The number of ether oxygens (including phenoxy) is 2. The van der Waals surface area contributed by atoms with Gasteiger partial charge in [-0.2, -0.15) is 0 Å². The second-order valence-electron chi connectivity index (χ2n) is 6.04. The van der Waals surface area contributed by atoms with Crippen LogP contribution in [0, 0.1) is 0 Å². The van der Waals surface area contributed by atoms with Crippen molar-refractivity contribution in [1.82, 2.24) is 14.9 Å². The lowest BCUT2D eigenvalue weighted by Crippen LogP contribution is -2.32. The highest BCUT2D eigenvalue weighted by Gasteiger charge is 2.31. The van der Waals surface area contributed by atoms with Gasteiger partial charge in [-0.1, -0.05) is 18.2 Å². The number of rotatable bonds is 4. The molecule has 0 bridgehead atoms. The lowest BCUT2D eigenvalue weighted by molar-refractivity contribution is -0.274. The van der Waals surface area contributed by atoms with Crippen molar-refractivity contribution >= 4 is 5.91 Å². The maximum atomic E-state index is 13.3. The van der Waals surface area contributed by atoms with E-state index in [-0.39, 0.29) is 34.8 Å². The fraction of sp³-hybridized carbons (Fsp3) is 0.190. The third kappa shape index (κ3) is 4.51. The van der Waals surface area contributed by atoms with Gasteiger partial charge in [0.25, 0.3) is 5.91 Å². The minimum atomic E-state index is -5.23. The molecular weight excluding hydrogens is 399 g/mol. The minimum Gasteiger partial charge on any atom is -0.491 e. The molecule has 0 saturated heterocycles. The largest absolute Gasteiger partial charge is 0.573 e. The third-order valence-electron chi connectivity index (χ3n) is 3.99. The summed E-state index contributed by atoms with van der Waals surface area (Å²) < 4.78 is 95.5. The maximum Gasteiger partial charge on any atom is 0.573 e. The number of benzene rings is 2. The molecule has 0 unspecified atom stereocenters. The van der Waals surface area contributed by atoms with E-state index in [4.69, 9.17) is 13.0 Å². The number of halogens is 3. The molecule has 0 aliphatic carbocycles. The van der Waals surface area contributed by atoms with Crippen molar-refractivity contribution in [2.75, 3.05) is 13.1 Å². The van der Waals surface area contributed by atoms with Crippen molar-refractivity contribution in [2.45, 2.75) is 12.9 Å². The Kier molecular flexibility index (Phi) is 3.63. The molecule has 6 nitrogen and oxygen atoms in total. The van der Waals surface area contributed by atoms with Gasteiger partial charge in [-0.05, 0) is 41.4 Å². The highest BCUT2D eigenvalue weighted by Crippen LogP contribution is 2.31. The Morgan fingerprint density at radius 2 is 1.90 bits per heavy atom. The second kappa shape index (κ2) is 8.02. The lowest BCUT2D eigenvalue weighted by Gasteiger charge is -2.19. The van der Waals surface area contributed by atoms with Crippen molar-refractivity contribution in [3.05, 3.63) is 72.2 Å². The normalized spacial score (nSPS) is 18.5. The zero-order chi connectivity index (χ0) is 26.4. The van der Waals surface area contributed by atoms with Gasteiger partial charge in [0.2, 0.25) is 0 Å². The number of aromatic nitrogens is 2. The van der Waals surface area contributed by atoms with E-state index in [1.807, 2.05) is 0 Å². The van der Waals surface area contributed by atoms with Gasteiger partial charge in [-0.3, -0.25) is 4.79 Å². The smallest absolute Gasteiger partial charge is 0.491 e. The first-order valence-electron chi connectivity index (χ1n) is 11.5. The standard InChI is InChI=1S/C21H16F3N3O3/c22-21(23,24)30-16-5-2-14(3-6-16)15-4-7-18-17(12-15)20(28)27(10-11-29-18)13-19-25-8-1-9-26-19/h1-9,12H,10-11,13H2/i2D,3D,5D,6D,11D2. The maximum absolute atomic E-state index is 13.3. The van der Waals surface area contributed by atoms with Crippen molar-refractivity contribution in [3.8, 4) is 22.6 Å². The van der Waals surface area contributed by atoms with E-state index >= 15 is 0 Å². The molecule has 1 amide bonds. The molecule has 2 aromatic carbocycles. The van der Waals surface area contributed by atoms with Crippen LogP contribution in [0.1, 0.15) is 24.4 Å². The van der Waals surface area contributed by atoms with Crippen LogP contribution in [-0.2, 0) is 6.54 Å². The van der Waals surface area contributed by atoms with Gasteiger partial charge in [0.1, 0.15) is 23.9 Å². The Morgan fingerprint density at radius 1 is 1.17 bits per heavy atom. The summed E-state index contributed by atoms with van der Waals surface area (Å²) in [5.74, 6) is -1.87. The predicted octanol–water partition coefficient (Wildman–Crippen LogP) is 4.08. The second-order valence-corrected chi connectivity index (χ2v) is 6.04. The van der Waals surface area contributed by atoms with Gasteiger partial charge < -0.3 is 14.4 Å². The molecule has 154 valence electrons. The molecule has 3 aromatic rings. The zero-order valence-corrected chi connectivity index (χ0v) is 15.1. The van der Waals surface area contributed by atoms with Crippen LogP contribution in [0.2, 0.25) is 0 Å². The first-order chi connectivity index (χ1) is 16.8. The van der Waals surface area contributed by atoms with Gasteiger partial charge in [0.05, 0.1) is 26.9 Å². The Hall–Kier alpha value is -3.62. The molecule has 4 rings (SSSR count). The number of carbonyl (C=O) groups excluding carboxylic acids is 1. The zero-order valence-electron chi connectivity index (χ0n) is 21.1. The molecule has 9 heteroatoms. The summed E-state index contributed by atoms with van der Waals surface area (Å²) in [7, 11) is 0. The Bertz CT molecular complexity index is 1310. The Balaban J connectivity index is 1.81. The highest BCUT2D eigenvalue weighted by molar-refractivity contribution is 5.98. The lowest BCUT2D eigenvalue weighted by atomic mass is 10.0. The fourth-order valence-corrected chi connectivity index (χ4v) is 2.69. The Morgan fingerprint density at radius 3 is 2.60 bits per heavy atom. The van der Waals surface area contributed by atoms with Crippen LogP contribution in [-0.4, -0.2) is 40.2 Å². The molecular formula is C21H16F3N3O3. The molecule has 0 N–H and O–H groups in total. The van der Waals surface area contributed by atoms with Crippen molar-refractivity contribution in [2.24, 2.45) is 0 Å². The van der Waals surface area contributed by atoms with Crippen LogP contribution in [0.25, 0.3) is 11.1 Å². The van der Waals surface area contributed by atoms with Gasteiger partial charge in [-0.25, -0.2) is 9.97 Å². The van der Waals surface area contributed by atoms with Crippen LogP contribution in [0.3, 0.4) is 0 Å². The molecule has 1 aliphatic heterocycles. The summed E-state index contributed by atoms with van der Waals surface area (Å²) in [6.07, 6.45) is -2.32. The fourth-order valence-electron chi connectivity index (χ4n) is 2.69. The predicted molar refractivity (Wildman–Crippen MR) is 101 cm³/mol. The molecule has 0 atom stereocenters. The van der Waals surface area contributed by atoms with E-state index < -0.39 is 55.3 Å². The van der Waals surface area contributed by atoms with Crippen LogP contribution in [0.5, 0.6) is 11.5 Å². The topological polar surface area (TPSA) is 64.6 Å². The SMILES string of the molecule is [2H]c1c([2H])c(-c2ccc3c(c2)C(=O)N(Cc2ncccn2)CC([2H])([2H])O3)c([2H])c([2H])c1OC(F)(F)F. The summed E-state index contributed by atoms with van der Waals surface area (Å²) in [6, 6.07) is 1.47. The van der Waals surface area contributed by atoms with E-state index in [1.54, 1.807) is 6.07 Å². The number of fused-ring (bicyclic) bond motifs is 1. The van der Waals surface area contributed by atoms with Crippen molar-refractivity contribution < 1.29 is 35.7 Å². The average Bonchev–Trinajstić information content (AvgIpc) is 2.89. The van der Waals surface area contributed by atoms with E-state index in [2.05, 4.69) is 14.7 Å². The molecule has 1 aromatic heterocycles. The third-order valence-corrected chi connectivity index (χ3v) is 3.99. The number of alkyl halides is 3. The number of hydrogen-bond acceptors (Lipinski definition) is 5. The summed E-state index contributed by atoms with van der Waals surface area (Å²) in [5, 5.41) is 0. The van der Waals surface area contributed by atoms with Crippen molar-refractivity contribution in [1.29, 1.82) is 0 Å². The van der Waals surface area contributed by atoms with Gasteiger partial charge in [0.15, 0.2) is 0 Å². The van der Waals surface area contributed by atoms with E-state index in [1.165, 1.54) is 30.6 Å². The van der Waals surface area contributed by atoms with E-state index in [0.29, 0.717) is 0 Å². The summed E-state index contributed by atoms with van der Waals surface area (Å²) in [6.45, 7) is -2.92. The van der Waals surface area contributed by atoms with Gasteiger partial charge >= 0.3 is 6.36 Å². The molecule has 0 spiro atoms. The summed E-state index contributed by atoms with van der Waals surface area (Å²) >= 11 is 0. The highest BCUT2D eigenvalue weighted by atomic mass is 19.4. The van der Waals surface area contributed by atoms with Gasteiger partial charge in [-0.15, -0.1) is 13.2 Å². The number of amides is 1. The first-order valence-corrected chi connectivity index (χ1v) is 8.52. The van der Waals surface area contributed by atoms with Gasteiger partial charge in [0, 0.05) is 12.4 Å². The summed E-state index contributed by atoms with van der Waals surface area (Å²) in [4.78, 5) is 22.5. The van der Waals surface area contributed by atoms with Crippen LogP contribution >= 0.6 is 0 Å². The first kappa shape index (κ1) is 13.6. The van der Waals surface area contributed by atoms with E-state index in [0.717, 1.165) is 4.90 Å². The number of carbonyl (C=O) groups is 1. The quantitative estimate of drug-likeness (QED) is 0.635. The molecule has 0 saturated carbocycles. The average molecular weight is 421 g/mol. The number of hydrogen-bond donors (Lipinski definition) is 0. The van der Waals surface area contributed by atoms with Crippen LogP contribution in [0.15, 0.2) is 60.8 Å². The monoisotopic (exact) mass is 421 g/mol. The number of nitrogens with zero attached hydrogens (tertiary/aromatic N) is 3. The van der Waals surface area contributed by atoms with Crippen molar-refractivity contribution in [3.63, 3.8) is 0 Å². The molecule has 2 heterocycles. The molecule has 0 radical (unpaired) electrons. The van der Waals surface area contributed by atoms with Crippen LogP contribution < -0.4 is 9.47 Å². The molecule has 1 aliphatic rings. The Labute approximate surface area is 178 Å². The van der Waals surface area contributed by atoms with E-state index in [9.17, 15) is 18.0 Å². The molecule has 30 heavy (non-hydrogen) atoms.